The molecular weight excluding hydrogens is 360 g/mol. The van der Waals surface area contributed by atoms with Crippen LogP contribution in [0.1, 0.15) is 5.56 Å². The fraction of sp³-hybridized carbons (Fsp3) is 0.125. The van der Waals surface area contributed by atoms with Crippen LogP contribution in [-0.2, 0) is 0 Å². The van der Waals surface area contributed by atoms with E-state index in [-0.39, 0.29) is 5.56 Å². The number of aromatic amines is 1. The molecule has 4 aromatic rings. The summed E-state index contributed by atoms with van der Waals surface area (Å²) in [5.74, 6) is 0.478. The average Bonchev–Trinajstić information content (AvgIpc) is 3.20. The highest BCUT2D eigenvalue weighted by molar-refractivity contribution is 8.00. The van der Waals surface area contributed by atoms with Gasteiger partial charge < -0.3 is 4.98 Å². The molecule has 0 amide bonds. The summed E-state index contributed by atoms with van der Waals surface area (Å²) in [5, 5.41) is 9.46. The normalized spacial score (nSPS) is 11.2. The lowest BCUT2D eigenvalue weighted by atomic mass is 10.1. The predicted octanol–water partition coefficient (Wildman–Crippen LogP) is 4.20. The van der Waals surface area contributed by atoms with Crippen molar-refractivity contribution in [2.45, 2.75) is 11.3 Å². The van der Waals surface area contributed by atoms with Gasteiger partial charge in [0.1, 0.15) is 4.83 Å². The van der Waals surface area contributed by atoms with Gasteiger partial charge in [-0.2, -0.15) is 0 Å². The quantitative estimate of drug-likeness (QED) is 0.546. The van der Waals surface area contributed by atoms with Gasteiger partial charge in [0, 0.05) is 4.88 Å². The zero-order valence-electron chi connectivity index (χ0n) is 12.9. The van der Waals surface area contributed by atoms with Crippen molar-refractivity contribution in [3.63, 3.8) is 0 Å². The Kier molecular flexibility index (Phi) is 3.95. The molecule has 1 aromatic carbocycles. The Bertz CT molecular complexity index is 1080. The zero-order chi connectivity index (χ0) is 16.7. The van der Waals surface area contributed by atoms with Crippen LogP contribution in [0.5, 0.6) is 0 Å². The van der Waals surface area contributed by atoms with Gasteiger partial charge in [-0.3, -0.25) is 4.79 Å². The number of H-pyrrole nitrogens is 1. The molecular formula is C16H12N4OS3. The Labute approximate surface area is 149 Å². The molecule has 0 saturated carbocycles. The van der Waals surface area contributed by atoms with Crippen molar-refractivity contribution in [1.82, 2.24) is 20.2 Å². The van der Waals surface area contributed by atoms with E-state index in [0.717, 1.165) is 25.2 Å². The summed E-state index contributed by atoms with van der Waals surface area (Å²) >= 11 is 4.48. The molecule has 3 aromatic heterocycles. The summed E-state index contributed by atoms with van der Waals surface area (Å²) in [6, 6.07) is 10.1. The fourth-order valence-electron chi connectivity index (χ4n) is 2.50. The van der Waals surface area contributed by atoms with E-state index in [1.54, 1.807) is 0 Å². The van der Waals surface area contributed by atoms with Gasteiger partial charge in [-0.15, -0.1) is 21.5 Å². The molecule has 0 bridgehead atoms. The Balaban J connectivity index is 1.91. The first-order valence-electron chi connectivity index (χ1n) is 7.14. The number of thioether (sulfide) groups is 1. The Morgan fingerprint density at radius 1 is 1.12 bits per heavy atom. The lowest BCUT2D eigenvalue weighted by Crippen LogP contribution is -2.09. The van der Waals surface area contributed by atoms with Crippen molar-refractivity contribution < 1.29 is 0 Å². The van der Waals surface area contributed by atoms with Gasteiger partial charge in [0.25, 0.3) is 5.56 Å². The first-order valence-corrected chi connectivity index (χ1v) is 10.00. The van der Waals surface area contributed by atoms with Crippen molar-refractivity contribution >= 4 is 44.7 Å². The molecule has 0 atom stereocenters. The van der Waals surface area contributed by atoms with E-state index in [0.29, 0.717) is 16.2 Å². The second-order valence-corrected chi connectivity index (χ2v) is 8.12. The van der Waals surface area contributed by atoms with Gasteiger partial charge in [0.15, 0.2) is 15.2 Å². The highest BCUT2D eigenvalue weighted by Gasteiger charge is 2.17. The molecule has 0 aliphatic rings. The zero-order valence-corrected chi connectivity index (χ0v) is 15.3. The largest absolute Gasteiger partial charge is 0.304 e. The summed E-state index contributed by atoms with van der Waals surface area (Å²) in [6.45, 7) is 1.97. The van der Waals surface area contributed by atoms with Crippen molar-refractivity contribution in [3.8, 4) is 21.3 Å². The van der Waals surface area contributed by atoms with Gasteiger partial charge in [-0.1, -0.05) is 53.4 Å². The summed E-state index contributed by atoms with van der Waals surface area (Å²) in [7, 11) is 0. The number of hydrogen-bond acceptors (Lipinski definition) is 7. The molecule has 120 valence electrons. The molecule has 3 heterocycles. The molecule has 0 radical (unpaired) electrons. The molecule has 4 rings (SSSR count). The van der Waals surface area contributed by atoms with E-state index in [1.807, 2.05) is 43.5 Å². The van der Waals surface area contributed by atoms with Gasteiger partial charge in [0.2, 0.25) is 0 Å². The number of rotatable bonds is 3. The van der Waals surface area contributed by atoms with Crippen LogP contribution >= 0.6 is 34.4 Å². The molecule has 1 N–H and O–H groups in total. The molecule has 0 spiro atoms. The van der Waals surface area contributed by atoms with Crippen molar-refractivity contribution in [3.05, 3.63) is 46.2 Å². The Morgan fingerprint density at radius 2 is 1.92 bits per heavy atom. The summed E-state index contributed by atoms with van der Waals surface area (Å²) in [6.07, 6.45) is 1.94. The molecule has 8 heteroatoms. The number of hydrogen-bond donors (Lipinski definition) is 1. The first kappa shape index (κ1) is 15.5. The minimum absolute atomic E-state index is 0.133. The number of nitrogens with one attached hydrogen (secondary N) is 1. The lowest BCUT2D eigenvalue weighted by molar-refractivity contribution is 1.00. The van der Waals surface area contributed by atoms with Crippen molar-refractivity contribution in [2.75, 3.05) is 6.26 Å². The van der Waals surface area contributed by atoms with Gasteiger partial charge in [0.05, 0.1) is 5.39 Å². The number of aromatic nitrogens is 4. The molecule has 24 heavy (non-hydrogen) atoms. The smallest absolute Gasteiger partial charge is 0.260 e. The Hall–Kier alpha value is -2.03. The van der Waals surface area contributed by atoms with Crippen LogP contribution in [-0.4, -0.2) is 26.4 Å². The molecule has 0 aliphatic heterocycles. The minimum Gasteiger partial charge on any atom is -0.304 e. The third-order valence-corrected chi connectivity index (χ3v) is 6.76. The minimum atomic E-state index is -0.133. The van der Waals surface area contributed by atoms with E-state index < -0.39 is 0 Å². The third kappa shape index (κ3) is 2.56. The number of fused-ring (bicyclic) bond motifs is 1. The van der Waals surface area contributed by atoms with Crippen LogP contribution in [0.3, 0.4) is 0 Å². The molecule has 5 nitrogen and oxygen atoms in total. The summed E-state index contributed by atoms with van der Waals surface area (Å²) in [4.78, 5) is 21.8. The van der Waals surface area contributed by atoms with Crippen LogP contribution < -0.4 is 5.56 Å². The van der Waals surface area contributed by atoms with E-state index >= 15 is 0 Å². The molecule has 0 fully saturated rings. The monoisotopic (exact) mass is 372 g/mol. The molecule has 0 aliphatic carbocycles. The van der Waals surface area contributed by atoms with E-state index in [1.165, 1.54) is 34.4 Å². The van der Waals surface area contributed by atoms with Crippen LogP contribution in [0.2, 0.25) is 0 Å². The summed E-state index contributed by atoms with van der Waals surface area (Å²) < 4.78 is 0.847. The average molecular weight is 373 g/mol. The number of nitrogens with zero attached hydrogens (tertiary/aromatic N) is 3. The maximum atomic E-state index is 12.6. The topological polar surface area (TPSA) is 71.5 Å². The number of benzene rings is 1. The van der Waals surface area contributed by atoms with E-state index in [4.69, 9.17) is 0 Å². The highest BCUT2D eigenvalue weighted by Crippen LogP contribution is 2.36. The van der Waals surface area contributed by atoms with Gasteiger partial charge in [-0.05, 0) is 24.3 Å². The van der Waals surface area contributed by atoms with Crippen LogP contribution in [0.4, 0.5) is 0 Å². The van der Waals surface area contributed by atoms with Crippen LogP contribution in [0.25, 0.3) is 31.5 Å². The fourth-order valence-corrected chi connectivity index (χ4v) is 4.90. The third-order valence-electron chi connectivity index (χ3n) is 3.62. The second kappa shape index (κ2) is 6.12. The van der Waals surface area contributed by atoms with Gasteiger partial charge >= 0.3 is 0 Å². The van der Waals surface area contributed by atoms with E-state index in [2.05, 4.69) is 20.2 Å². The molecule has 0 saturated heterocycles. The van der Waals surface area contributed by atoms with Gasteiger partial charge in [-0.25, -0.2) is 4.98 Å². The van der Waals surface area contributed by atoms with Crippen molar-refractivity contribution in [2.24, 2.45) is 0 Å². The highest BCUT2D eigenvalue weighted by atomic mass is 32.2. The number of thiophene rings is 1. The number of aryl methyl sites for hydroxylation is 1. The van der Waals surface area contributed by atoms with Crippen LogP contribution in [0.15, 0.2) is 39.5 Å². The SMILES string of the molecule is CSc1nnc(-c2nc3sc(-c4ccccc4)c(C)c3c(=O)[nH]2)s1. The van der Waals surface area contributed by atoms with E-state index in [9.17, 15) is 4.79 Å². The maximum absolute atomic E-state index is 12.6. The van der Waals surface area contributed by atoms with Crippen LogP contribution in [0, 0.1) is 6.92 Å². The standard InChI is InChI=1S/C16H12N4OS3/c1-8-10-13(21)17-12(15-19-20-16(22-2)24-15)18-14(10)23-11(8)9-6-4-3-5-7-9/h3-7H,1-2H3,(H,17,18,21). The predicted molar refractivity (Wildman–Crippen MR) is 101 cm³/mol. The first-order chi connectivity index (χ1) is 11.7. The maximum Gasteiger partial charge on any atom is 0.260 e. The molecule has 0 unspecified atom stereocenters. The second-order valence-electron chi connectivity index (χ2n) is 5.09. The summed E-state index contributed by atoms with van der Waals surface area (Å²) in [5.41, 5.74) is 1.93. The lowest BCUT2D eigenvalue weighted by Gasteiger charge is -1.98. The Morgan fingerprint density at radius 3 is 2.62 bits per heavy atom. The van der Waals surface area contributed by atoms with Crippen molar-refractivity contribution in [1.29, 1.82) is 0 Å².